The van der Waals surface area contributed by atoms with E-state index in [0.29, 0.717) is 29.1 Å². The molecular weight excluding hydrogens is 364 g/mol. The molecule has 6 heteroatoms. The molecule has 1 atom stereocenters. The highest BCUT2D eigenvalue weighted by Gasteiger charge is 2.35. The lowest BCUT2D eigenvalue weighted by Gasteiger charge is -2.15. The number of amides is 1. The molecule has 0 saturated carbocycles. The largest absolute Gasteiger partial charge is 0.325 e. The summed E-state index contributed by atoms with van der Waals surface area (Å²) >= 11 is 0. The fraction of sp³-hybridized carbons (Fsp3) is 0.304. The monoisotopic (exact) mass is 388 g/mol. The van der Waals surface area contributed by atoms with Crippen LogP contribution in [0.2, 0.25) is 0 Å². The van der Waals surface area contributed by atoms with Gasteiger partial charge in [0.05, 0.1) is 17.3 Å². The quantitative estimate of drug-likeness (QED) is 0.448. The summed E-state index contributed by atoms with van der Waals surface area (Å²) in [5.41, 5.74) is 4.05. The Bertz CT molecular complexity index is 1000. The van der Waals surface area contributed by atoms with Gasteiger partial charge in [0.2, 0.25) is 5.91 Å². The van der Waals surface area contributed by atoms with E-state index in [9.17, 15) is 9.59 Å². The number of anilines is 1. The molecule has 148 valence electrons. The van der Waals surface area contributed by atoms with E-state index in [1.165, 1.54) is 6.92 Å². The summed E-state index contributed by atoms with van der Waals surface area (Å²) in [7, 11) is 4.02. The normalized spacial score (nSPS) is 15.8. The van der Waals surface area contributed by atoms with Crippen molar-refractivity contribution in [3.05, 3.63) is 64.7 Å². The van der Waals surface area contributed by atoms with Crippen molar-refractivity contribution in [3.63, 3.8) is 0 Å². The Morgan fingerprint density at radius 1 is 1.17 bits per heavy atom. The van der Waals surface area contributed by atoms with Crippen LogP contribution in [0.4, 0.5) is 5.69 Å². The van der Waals surface area contributed by atoms with Gasteiger partial charge in [-0.25, -0.2) is 0 Å². The maximum atomic E-state index is 12.9. The molecule has 0 fully saturated rings. The number of nitrogens with zero attached hydrogens (tertiary/aromatic N) is 3. The van der Waals surface area contributed by atoms with Crippen molar-refractivity contribution in [1.29, 1.82) is 5.26 Å². The van der Waals surface area contributed by atoms with Gasteiger partial charge in [0, 0.05) is 17.8 Å². The number of benzene rings is 2. The van der Waals surface area contributed by atoms with Gasteiger partial charge in [-0.1, -0.05) is 12.1 Å². The Kier molecular flexibility index (Phi) is 6.20. The molecule has 1 heterocycles. The predicted molar refractivity (Wildman–Crippen MR) is 114 cm³/mol. The van der Waals surface area contributed by atoms with Crippen LogP contribution < -0.4 is 5.32 Å². The van der Waals surface area contributed by atoms with Crippen LogP contribution in [0, 0.1) is 11.3 Å². The van der Waals surface area contributed by atoms with Crippen LogP contribution in [0.15, 0.2) is 47.5 Å². The predicted octanol–water partition coefficient (Wildman–Crippen LogP) is 3.24. The number of Topliss-reactive ketones (excluding diaryl/α,β-unsaturated/α-hetero) is 1. The molecule has 1 amide bonds. The van der Waals surface area contributed by atoms with Gasteiger partial charge in [-0.15, -0.1) is 0 Å². The van der Waals surface area contributed by atoms with Gasteiger partial charge in [0.1, 0.15) is 5.92 Å². The number of aliphatic imine (C=N–C) groups is 1. The Morgan fingerprint density at radius 3 is 2.48 bits per heavy atom. The van der Waals surface area contributed by atoms with Crippen molar-refractivity contribution in [1.82, 2.24) is 4.90 Å². The van der Waals surface area contributed by atoms with E-state index in [1.54, 1.807) is 30.3 Å². The molecule has 1 aliphatic heterocycles. The van der Waals surface area contributed by atoms with Gasteiger partial charge in [-0.3, -0.25) is 14.6 Å². The molecule has 0 aliphatic carbocycles. The molecule has 0 radical (unpaired) electrons. The first kappa shape index (κ1) is 20.4. The zero-order valence-corrected chi connectivity index (χ0v) is 16.9. The number of nitrogens with one attached hydrogen (secondary N) is 1. The lowest BCUT2D eigenvalue weighted by atomic mass is 9.89. The summed E-state index contributed by atoms with van der Waals surface area (Å²) in [6, 6.07) is 14.5. The molecular formula is C23H24N4O2. The fourth-order valence-corrected chi connectivity index (χ4v) is 3.40. The van der Waals surface area contributed by atoms with Gasteiger partial charge in [-0.05, 0) is 75.4 Å². The maximum absolute atomic E-state index is 12.9. The van der Waals surface area contributed by atoms with E-state index < -0.39 is 5.92 Å². The van der Waals surface area contributed by atoms with E-state index in [1.807, 2.05) is 26.2 Å². The van der Waals surface area contributed by atoms with Gasteiger partial charge >= 0.3 is 0 Å². The molecule has 1 aliphatic rings. The zero-order chi connectivity index (χ0) is 21.0. The number of fused-ring (bicyclic) bond motifs is 1. The van der Waals surface area contributed by atoms with Crippen LogP contribution in [0.5, 0.6) is 0 Å². The van der Waals surface area contributed by atoms with Crippen molar-refractivity contribution in [2.75, 3.05) is 32.5 Å². The minimum Gasteiger partial charge on any atom is -0.325 e. The molecule has 0 aromatic heterocycles. The SMILES string of the molecule is CC(=O)c1ccc2c(c1)C(C(=NCCCN(C)C)c1ccc(C#N)cc1)C(=O)N2. The van der Waals surface area contributed by atoms with Crippen molar-refractivity contribution < 1.29 is 9.59 Å². The van der Waals surface area contributed by atoms with Crippen LogP contribution >= 0.6 is 0 Å². The summed E-state index contributed by atoms with van der Waals surface area (Å²) in [5.74, 6) is -0.790. The van der Waals surface area contributed by atoms with E-state index >= 15 is 0 Å². The number of ketones is 1. The van der Waals surface area contributed by atoms with Crippen LogP contribution in [-0.4, -0.2) is 49.5 Å². The summed E-state index contributed by atoms with van der Waals surface area (Å²) in [6.07, 6.45) is 0.863. The highest BCUT2D eigenvalue weighted by atomic mass is 16.2. The lowest BCUT2D eigenvalue weighted by Crippen LogP contribution is -2.23. The molecule has 1 unspecified atom stereocenters. The molecule has 29 heavy (non-hydrogen) atoms. The third-order valence-corrected chi connectivity index (χ3v) is 4.92. The van der Waals surface area contributed by atoms with Crippen molar-refractivity contribution in [3.8, 4) is 6.07 Å². The highest BCUT2D eigenvalue weighted by molar-refractivity contribution is 6.24. The standard InChI is InChI=1S/C23H24N4O2/c1-15(28)18-9-10-20-19(13-18)21(23(29)26-20)22(25-11-4-12-27(2)3)17-7-5-16(14-24)6-8-17/h5-10,13,21H,4,11-12H2,1-3H3,(H,26,29). The van der Waals surface area contributed by atoms with Crippen LogP contribution in [-0.2, 0) is 4.79 Å². The van der Waals surface area contributed by atoms with E-state index in [4.69, 9.17) is 10.3 Å². The number of rotatable bonds is 7. The van der Waals surface area contributed by atoms with Crippen molar-refractivity contribution in [2.45, 2.75) is 19.3 Å². The first-order valence-corrected chi connectivity index (χ1v) is 9.56. The molecule has 0 spiro atoms. The molecule has 2 aromatic carbocycles. The minimum absolute atomic E-state index is 0.0475. The number of nitriles is 1. The topological polar surface area (TPSA) is 85.6 Å². The summed E-state index contributed by atoms with van der Waals surface area (Å²) < 4.78 is 0. The second-order valence-electron chi connectivity index (χ2n) is 7.39. The molecule has 1 N–H and O–H groups in total. The molecule has 2 aromatic rings. The summed E-state index contributed by atoms with van der Waals surface area (Å²) in [6.45, 7) is 2.99. The van der Waals surface area contributed by atoms with Crippen LogP contribution in [0.1, 0.15) is 46.3 Å². The fourth-order valence-electron chi connectivity index (χ4n) is 3.40. The highest BCUT2D eigenvalue weighted by Crippen LogP contribution is 2.36. The molecule has 0 bridgehead atoms. The lowest BCUT2D eigenvalue weighted by molar-refractivity contribution is -0.115. The second kappa shape index (κ2) is 8.80. The second-order valence-corrected chi connectivity index (χ2v) is 7.39. The van der Waals surface area contributed by atoms with E-state index in [-0.39, 0.29) is 11.7 Å². The van der Waals surface area contributed by atoms with E-state index in [2.05, 4.69) is 16.3 Å². The number of hydrogen-bond donors (Lipinski definition) is 1. The van der Waals surface area contributed by atoms with Crippen LogP contribution in [0.3, 0.4) is 0 Å². The average Bonchev–Trinajstić information content (AvgIpc) is 3.03. The third kappa shape index (κ3) is 4.58. The Labute approximate surface area is 170 Å². The smallest absolute Gasteiger partial charge is 0.238 e. The minimum atomic E-state index is -0.586. The Hall–Kier alpha value is -3.30. The van der Waals surface area contributed by atoms with Gasteiger partial charge in [-0.2, -0.15) is 5.26 Å². The first-order chi connectivity index (χ1) is 13.9. The summed E-state index contributed by atoms with van der Waals surface area (Å²) in [4.78, 5) is 31.6. The van der Waals surface area contributed by atoms with Gasteiger partial charge in [0.25, 0.3) is 0 Å². The van der Waals surface area contributed by atoms with Gasteiger partial charge < -0.3 is 10.2 Å². The average molecular weight is 388 g/mol. The zero-order valence-electron chi connectivity index (χ0n) is 16.9. The molecule has 3 rings (SSSR count). The van der Waals surface area contributed by atoms with Crippen molar-refractivity contribution in [2.24, 2.45) is 4.99 Å². The Balaban J connectivity index is 2.03. The summed E-state index contributed by atoms with van der Waals surface area (Å²) in [5, 5.41) is 12.0. The molecule has 6 nitrogen and oxygen atoms in total. The molecule has 0 saturated heterocycles. The first-order valence-electron chi connectivity index (χ1n) is 9.56. The van der Waals surface area contributed by atoms with Crippen LogP contribution in [0.25, 0.3) is 0 Å². The van der Waals surface area contributed by atoms with E-state index in [0.717, 1.165) is 24.1 Å². The number of hydrogen-bond acceptors (Lipinski definition) is 5. The van der Waals surface area contributed by atoms with Gasteiger partial charge in [0.15, 0.2) is 5.78 Å². The number of carbonyl (C=O) groups is 2. The third-order valence-electron chi connectivity index (χ3n) is 4.92. The maximum Gasteiger partial charge on any atom is 0.238 e. The Morgan fingerprint density at radius 2 is 1.86 bits per heavy atom. The number of carbonyl (C=O) groups excluding carboxylic acids is 2. The van der Waals surface area contributed by atoms with Crippen molar-refractivity contribution >= 4 is 23.1 Å².